The summed E-state index contributed by atoms with van der Waals surface area (Å²) in [5.41, 5.74) is 0.376. The molecule has 0 saturated heterocycles. The Morgan fingerprint density at radius 1 is 1.15 bits per heavy atom. The summed E-state index contributed by atoms with van der Waals surface area (Å²) in [5.74, 6) is 0. The van der Waals surface area contributed by atoms with Crippen molar-refractivity contribution >= 4 is 36.7 Å². The second kappa shape index (κ2) is 4.73. The number of sulfonamides is 1. The number of benzene rings is 1. The van der Waals surface area contributed by atoms with E-state index >= 15 is 0 Å². The van der Waals surface area contributed by atoms with Gasteiger partial charge in [0.2, 0.25) is 5.56 Å². The second-order valence-corrected chi connectivity index (χ2v) is 6.69. The van der Waals surface area contributed by atoms with Crippen LogP contribution in [0.1, 0.15) is 0 Å². The predicted molar refractivity (Wildman–Crippen MR) is 77.5 cm³/mol. The molecule has 20 heavy (non-hydrogen) atoms. The van der Waals surface area contributed by atoms with Gasteiger partial charge in [-0.05, 0) is 18.2 Å². The number of hydrogen-bond donors (Lipinski definition) is 2. The molecule has 102 valence electrons. The zero-order valence-corrected chi connectivity index (χ0v) is 11.7. The van der Waals surface area contributed by atoms with Crippen LogP contribution < -0.4 is 10.3 Å². The van der Waals surface area contributed by atoms with Crippen LogP contribution >= 0.6 is 11.3 Å². The summed E-state index contributed by atoms with van der Waals surface area (Å²) in [4.78, 5) is 17.4. The Hall–Kier alpha value is -2.19. The van der Waals surface area contributed by atoms with E-state index < -0.39 is 10.0 Å². The fraction of sp³-hybridized carbons (Fsp3) is 0. The minimum Gasteiger partial charge on any atom is -0.328 e. The number of pyridine rings is 1. The third-order valence-electron chi connectivity index (χ3n) is 2.58. The summed E-state index contributed by atoms with van der Waals surface area (Å²) in [7, 11) is -3.75. The van der Waals surface area contributed by atoms with Crippen molar-refractivity contribution in [3.8, 4) is 0 Å². The topological polar surface area (TPSA) is 91.9 Å². The van der Waals surface area contributed by atoms with Crippen LogP contribution in [0.4, 0.5) is 5.13 Å². The quantitative estimate of drug-likeness (QED) is 0.771. The molecule has 0 bridgehead atoms. The summed E-state index contributed by atoms with van der Waals surface area (Å²) >= 11 is 1.25. The van der Waals surface area contributed by atoms with Crippen LogP contribution in [0.25, 0.3) is 10.2 Å². The summed E-state index contributed by atoms with van der Waals surface area (Å²) in [6, 6.07) is 9.78. The van der Waals surface area contributed by atoms with Crippen molar-refractivity contribution in [2.24, 2.45) is 0 Å². The maximum absolute atomic E-state index is 12.1. The van der Waals surface area contributed by atoms with E-state index in [4.69, 9.17) is 0 Å². The van der Waals surface area contributed by atoms with Crippen molar-refractivity contribution in [1.82, 2.24) is 9.97 Å². The summed E-state index contributed by atoms with van der Waals surface area (Å²) in [5, 5.41) is 0.289. The van der Waals surface area contributed by atoms with E-state index in [0.717, 1.165) is 22.5 Å². The lowest BCUT2D eigenvalue weighted by Gasteiger charge is -2.03. The molecular weight excluding hydrogens is 298 g/mol. The van der Waals surface area contributed by atoms with Gasteiger partial charge in [-0.1, -0.05) is 23.5 Å². The maximum Gasteiger partial charge on any atom is 0.265 e. The van der Waals surface area contributed by atoms with Gasteiger partial charge in [0.05, 0.1) is 10.2 Å². The Bertz CT molecular complexity index is 875. The Kier molecular flexibility index (Phi) is 3.03. The Morgan fingerprint density at radius 2 is 1.95 bits per heavy atom. The van der Waals surface area contributed by atoms with E-state index in [1.54, 1.807) is 0 Å². The maximum atomic E-state index is 12.1. The molecule has 0 aliphatic heterocycles. The van der Waals surface area contributed by atoms with Crippen molar-refractivity contribution < 1.29 is 8.42 Å². The number of rotatable bonds is 3. The number of aromatic amines is 1. The SMILES string of the molecule is O=c1ccc(S(=O)(=O)Nc2nc3ccccc3s2)c[nH]1. The van der Waals surface area contributed by atoms with Crippen molar-refractivity contribution in [1.29, 1.82) is 0 Å². The highest BCUT2D eigenvalue weighted by Gasteiger charge is 2.16. The fourth-order valence-corrected chi connectivity index (χ4v) is 3.72. The smallest absolute Gasteiger partial charge is 0.265 e. The molecule has 0 amide bonds. The molecule has 8 heteroatoms. The molecule has 2 N–H and O–H groups in total. The largest absolute Gasteiger partial charge is 0.328 e. The van der Waals surface area contributed by atoms with Crippen LogP contribution in [-0.2, 0) is 10.0 Å². The van der Waals surface area contributed by atoms with Gasteiger partial charge >= 0.3 is 0 Å². The summed E-state index contributed by atoms with van der Waals surface area (Å²) < 4.78 is 27.5. The highest BCUT2D eigenvalue weighted by Crippen LogP contribution is 2.27. The number of hydrogen-bond acceptors (Lipinski definition) is 5. The lowest BCUT2D eigenvalue weighted by Crippen LogP contribution is -2.15. The van der Waals surface area contributed by atoms with E-state index in [1.165, 1.54) is 17.4 Å². The Labute approximate surface area is 118 Å². The van der Waals surface area contributed by atoms with Crippen molar-refractivity contribution in [2.75, 3.05) is 4.72 Å². The Morgan fingerprint density at radius 3 is 2.65 bits per heavy atom. The van der Waals surface area contributed by atoms with Gasteiger partial charge in [0.25, 0.3) is 10.0 Å². The molecule has 1 aromatic carbocycles. The van der Waals surface area contributed by atoms with Crippen LogP contribution in [0.5, 0.6) is 0 Å². The van der Waals surface area contributed by atoms with E-state index in [-0.39, 0.29) is 15.6 Å². The molecule has 0 atom stereocenters. The minimum absolute atomic E-state index is 0.0173. The van der Waals surface area contributed by atoms with Gasteiger partial charge in [-0.15, -0.1) is 0 Å². The van der Waals surface area contributed by atoms with Crippen LogP contribution in [-0.4, -0.2) is 18.4 Å². The first kappa shape index (κ1) is 12.8. The molecule has 0 radical (unpaired) electrons. The second-order valence-electron chi connectivity index (χ2n) is 3.98. The standard InChI is InChI=1S/C12H9N3O3S2/c16-11-6-5-8(7-13-11)20(17,18)15-12-14-9-3-1-2-4-10(9)19-12/h1-7H,(H,13,16)(H,14,15). The fourth-order valence-electron chi connectivity index (χ4n) is 1.65. The lowest BCUT2D eigenvalue weighted by atomic mass is 10.3. The zero-order chi connectivity index (χ0) is 14.2. The van der Waals surface area contributed by atoms with Gasteiger partial charge in [0, 0.05) is 12.3 Å². The molecule has 0 aliphatic carbocycles. The van der Waals surface area contributed by atoms with Gasteiger partial charge in [-0.25, -0.2) is 13.4 Å². The summed E-state index contributed by atoms with van der Waals surface area (Å²) in [6.07, 6.45) is 1.15. The molecule has 0 aliphatic rings. The van der Waals surface area contributed by atoms with E-state index in [2.05, 4.69) is 14.7 Å². The number of fused-ring (bicyclic) bond motifs is 1. The van der Waals surface area contributed by atoms with Gasteiger partial charge in [0.1, 0.15) is 4.90 Å². The predicted octanol–water partition coefficient (Wildman–Crippen LogP) is 1.79. The minimum atomic E-state index is -3.75. The third-order valence-corrected chi connectivity index (χ3v) is 5.00. The number of thiazole rings is 1. The molecular formula is C12H9N3O3S2. The van der Waals surface area contributed by atoms with Crippen LogP contribution in [0, 0.1) is 0 Å². The Balaban J connectivity index is 1.96. The normalized spacial score (nSPS) is 11.6. The molecule has 2 aromatic heterocycles. The zero-order valence-electron chi connectivity index (χ0n) is 10.0. The molecule has 0 fully saturated rings. The van der Waals surface area contributed by atoms with Gasteiger partial charge in [0.15, 0.2) is 5.13 Å². The molecule has 0 spiro atoms. The number of nitrogens with one attached hydrogen (secondary N) is 2. The van der Waals surface area contributed by atoms with Crippen molar-refractivity contribution in [3.05, 3.63) is 52.9 Å². The van der Waals surface area contributed by atoms with Crippen LogP contribution in [0.15, 0.2) is 52.3 Å². The summed E-state index contributed by atoms with van der Waals surface area (Å²) in [6.45, 7) is 0. The number of anilines is 1. The highest BCUT2D eigenvalue weighted by molar-refractivity contribution is 7.93. The third kappa shape index (κ3) is 2.43. The van der Waals surface area contributed by atoms with Crippen LogP contribution in [0.2, 0.25) is 0 Å². The van der Waals surface area contributed by atoms with Crippen molar-refractivity contribution in [3.63, 3.8) is 0 Å². The molecule has 3 aromatic rings. The number of H-pyrrole nitrogens is 1. The molecule has 6 nitrogen and oxygen atoms in total. The lowest BCUT2D eigenvalue weighted by molar-refractivity contribution is 0.600. The average molecular weight is 307 g/mol. The first-order valence-corrected chi connectivity index (χ1v) is 7.92. The highest BCUT2D eigenvalue weighted by atomic mass is 32.2. The molecule has 3 rings (SSSR count). The number of para-hydroxylation sites is 1. The monoisotopic (exact) mass is 307 g/mol. The van der Waals surface area contributed by atoms with Gasteiger partial charge in [-0.2, -0.15) is 0 Å². The van der Waals surface area contributed by atoms with E-state index in [9.17, 15) is 13.2 Å². The van der Waals surface area contributed by atoms with Crippen LogP contribution in [0.3, 0.4) is 0 Å². The van der Waals surface area contributed by atoms with E-state index in [1.807, 2.05) is 24.3 Å². The molecule has 0 saturated carbocycles. The first-order chi connectivity index (χ1) is 9.54. The van der Waals surface area contributed by atoms with Crippen molar-refractivity contribution in [2.45, 2.75) is 4.90 Å². The van der Waals surface area contributed by atoms with Gasteiger partial charge in [-0.3, -0.25) is 9.52 Å². The molecule has 2 heterocycles. The average Bonchev–Trinajstić information content (AvgIpc) is 2.80. The first-order valence-electron chi connectivity index (χ1n) is 5.62. The van der Waals surface area contributed by atoms with Gasteiger partial charge < -0.3 is 4.98 Å². The molecule has 0 unspecified atom stereocenters. The number of nitrogens with zero attached hydrogens (tertiary/aromatic N) is 1. The van der Waals surface area contributed by atoms with E-state index in [0.29, 0.717) is 0 Å². The number of aromatic nitrogens is 2.